The summed E-state index contributed by atoms with van der Waals surface area (Å²) < 4.78 is 39.4. The van der Waals surface area contributed by atoms with Crippen molar-refractivity contribution in [2.45, 2.75) is 17.4 Å². The first kappa shape index (κ1) is 16.9. The zero-order chi connectivity index (χ0) is 16.4. The third-order valence-electron chi connectivity index (χ3n) is 3.20. The molecule has 0 aromatic heterocycles. The molecular formula is C15H15ClFNO3S. The van der Waals surface area contributed by atoms with Crippen LogP contribution in [0.5, 0.6) is 0 Å². The van der Waals surface area contributed by atoms with Crippen LogP contribution in [-0.4, -0.2) is 20.1 Å². The van der Waals surface area contributed by atoms with Crippen LogP contribution in [-0.2, 0) is 15.6 Å². The summed E-state index contributed by atoms with van der Waals surface area (Å²) in [5, 5.41) is 10.9. The Morgan fingerprint density at radius 2 is 1.68 bits per heavy atom. The molecule has 0 saturated carbocycles. The highest BCUT2D eigenvalue weighted by molar-refractivity contribution is 7.89. The molecule has 0 bridgehead atoms. The van der Waals surface area contributed by atoms with Crippen molar-refractivity contribution in [2.24, 2.45) is 0 Å². The van der Waals surface area contributed by atoms with Gasteiger partial charge in [0.25, 0.3) is 0 Å². The van der Waals surface area contributed by atoms with Gasteiger partial charge in [-0.2, -0.15) is 0 Å². The van der Waals surface area contributed by atoms with E-state index in [9.17, 15) is 17.9 Å². The van der Waals surface area contributed by atoms with Crippen LogP contribution in [0.25, 0.3) is 0 Å². The maximum Gasteiger partial charge on any atom is 0.240 e. The van der Waals surface area contributed by atoms with Crippen molar-refractivity contribution in [1.82, 2.24) is 4.72 Å². The largest absolute Gasteiger partial charge is 0.384 e. The molecule has 2 rings (SSSR count). The number of halogens is 2. The van der Waals surface area contributed by atoms with Crippen molar-refractivity contribution in [3.63, 3.8) is 0 Å². The molecule has 118 valence electrons. The molecule has 1 unspecified atom stereocenters. The lowest BCUT2D eigenvalue weighted by atomic mass is 9.97. The Balaban J connectivity index is 2.13. The van der Waals surface area contributed by atoms with Crippen molar-refractivity contribution >= 4 is 21.6 Å². The number of benzene rings is 2. The molecule has 0 heterocycles. The van der Waals surface area contributed by atoms with Crippen LogP contribution in [0.1, 0.15) is 12.5 Å². The zero-order valence-corrected chi connectivity index (χ0v) is 13.3. The summed E-state index contributed by atoms with van der Waals surface area (Å²) in [5.41, 5.74) is -0.878. The van der Waals surface area contributed by atoms with Gasteiger partial charge in [-0.25, -0.2) is 17.5 Å². The molecule has 1 atom stereocenters. The summed E-state index contributed by atoms with van der Waals surface area (Å²) in [6.07, 6.45) is 0. The molecule has 0 radical (unpaired) electrons. The van der Waals surface area contributed by atoms with E-state index in [4.69, 9.17) is 11.6 Å². The lowest BCUT2D eigenvalue weighted by molar-refractivity contribution is 0.0627. The molecule has 0 fully saturated rings. The SMILES string of the molecule is CC(O)(CNS(=O)(=O)c1ccc(F)cc1)c1ccc(Cl)cc1. The maximum absolute atomic E-state index is 12.8. The molecule has 0 aliphatic rings. The molecule has 7 heteroatoms. The Hall–Kier alpha value is -1.47. The highest BCUT2D eigenvalue weighted by Crippen LogP contribution is 2.22. The molecular weight excluding hydrogens is 329 g/mol. The first-order valence-electron chi connectivity index (χ1n) is 6.44. The third-order valence-corrected chi connectivity index (χ3v) is 4.87. The smallest absolute Gasteiger partial charge is 0.240 e. The maximum atomic E-state index is 12.8. The molecule has 2 aromatic rings. The lowest BCUT2D eigenvalue weighted by Crippen LogP contribution is -2.38. The number of hydrogen-bond acceptors (Lipinski definition) is 3. The minimum Gasteiger partial charge on any atom is -0.384 e. The minimum absolute atomic E-state index is 0.0687. The van der Waals surface area contributed by atoms with Crippen LogP contribution in [0.15, 0.2) is 53.4 Å². The number of rotatable bonds is 5. The predicted molar refractivity (Wildman–Crippen MR) is 82.6 cm³/mol. The number of hydrogen-bond donors (Lipinski definition) is 2. The molecule has 0 aliphatic heterocycles. The van der Waals surface area contributed by atoms with Gasteiger partial charge < -0.3 is 5.11 Å². The highest BCUT2D eigenvalue weighted by Gasteiger charge is 2.26. The van der Waals surface area contributed by atoms with Crippen molar-refractivity contribution in [3.05, 3.63) is 64.9 Å². The van der Waals surface area contributed by atoms with E-state index in [-0.39, 0.29) is 11.4 Å². The standard InChI is InChI=1S/C15H15ClFNO3S/c1-15(19,11-2-4-12(16)5-3-11)10-18-22(20,21)14-8-6-13(17)7-9-14/h2-9,18-19H,10H2,1H3. The van der Waals surface area contributed by atoms with E-state index < -0.39 is 21.4 Å². The molecule has 0 amide bonds. The average Bonchev–Trinajstić information content (AvgIpc) is 2.46. The Kier molecular flexibility index (Phi) is 4.87. The van der Waals surface area contributed by atoms with Gasteiger partial charge in [0.05, 0.1) is 4.90 Å². The summed E-state index contributed by atoms with van der Waals surface area (Å²) >= 11 is 5.78. The van der Waals surface area contributed by atoms with Gasteiger partial charge >= 0.3 is 0 Å². The fourth-order valence-corrected chi connectivity index (χ4v) is 3.10. The second kappa shape index (κ2) is 6.34. The molecule has 2 N–H and O–H groups in total. The zero-order valence-electron chi connectivity index (χ0n) is 11.8. The molecule has 0 saturated heterocycles. The Labute approximate surface area is 133 Å². The van der Waals surface area contributed by atoms with Crippen molar-refractivity contribution in [3.8, 4) is 0 Å². The predicted octanol–water partition coefficient (Wildman–Crippen LogP) is 2.67. The van der Waals surface area contributed by atoms with E-state index in [2.05, 4.69) is 4.72 Å². The average molecular weight is 344 g/mol. The normalized spacial score (nSPS) is 14.5. The van der Waals surface area contributed by atoms with Crippen molar-refractivity contribution in [2.75, 3.05) is 6.54 Å². The topological polar surface area (TPSA) is 66.4 Å². The van der Waals surface area contributed by atoms with Gasteiger partial charge in [-0.3, -0.25) is 0 Å². The van der Waals surface area contributed by atoms with E-state index in [1.165, 1.54) is 6.92 Å². The first-order chi connectivity index (χ1) is 10.2. The monoisotopic (exact) mass is 343 g/mol. The molecule has 2 aromatic carbocycles. The van der Waals surface area contributed by atoms with E-state index in [1.807, 2.05) is 0 Å². The van der Waals surface area contributed by atoms with Crippen LogP contribution in [0.3, 0.4) is 0 Å². The summed E-state index contributed by atoms with van der Waals surface area (Å²) in [5.74, 6) is -0.521. The minimum atomic E-state index is -3.83. The molecule has 0 spiro atoms. The summed E-state index contributed by atoms with van der Waals surface area (Å²) in [7, 11) is -3.83. The number of sulfonamides is 1. The summed E-state index contributed by atoms with van der Waals surface area (Å²) in [6, 6.07) is 10.9. The van der Waals surface area contributed by atoms with Gasteiger partial charge in [-0.05, 0) is 48.9 Å². The van der Waals surface area contributed by atoms with E-state index >= 15 is 0 Å². The Morgan fingerprint density at radius 1 is 1.14 bits per heavy atom. The fourth-order valence-electron chi connectivity index (χ4n) is 1.84. The van der Waals surface area contributed by atoms with Crippen LogP contribution < -0.4 is 4.72 Å². The molecule has 4 nitrogen and oxygen atoms in total. The van der Waals surface area contributed by atoms with Gasteiger partial charge in [-0.15, -0.1) is 0 Å². The summed E-state index contributed by atoms with van der Waals surface area (Å²) in [6.45, 7) is 1.26. The third kappa shape index (κ3) is 4.04. The van der Waals surface area contributed by atoms with Gasteiger partial charge in [0, 0.05) is 11.6 Å². The number of nitrogens with one attached hydrogen (secondary N) is 1. The van der Waals surface area contributed by atoms with Crippen molar-refractivity contribution in [1.29, 1.82) is 0 Å². The van der Waals surface area contributed by atoms with Crippen LogP contribution in [0.4, 0.5) is 4.39 Å². The van der Waals surface area contributed by atoms with Crippen molar-refractivity contribution < 1.29 is 17.9 Å². The highest BCUT2D eigenvalue weighted by atomic mass is 35.5. The second-order valence-electron chi connectivity index (χ2n) is 5.06. The van der Waals surface area contributed by atoms with Crippen LogP contribution in [0, 0.1) is 5.82 Å². The van der Waals surface area contributed by atoms with E-state index in [0.717, 1.165) is 24.3 Å². The quantitative estimate of drug-likeness (QED) is 0.877. The van der Waals surface area contributed by atoms with Crippen LogP contribution >= 0.6 is 11.6 Å². The molecule has 22 heavy (non-hydrogen) atoms. The Morgan fingerprint density at radius 3 is 2.23 bits per heavy atom. The Bertz CT molecular complexity index is 743. The van der Waals surface area contributed by atoms with Gasteiger partial charge in [0.1, 0.15) is 11.4 Å². The molecule has 0 aliphatic carbocycles. The van der Waals surface area contributed by atoms with Gasteiger partial charge in [0.15, 0.2) is 0 Å². The fraction of sp³-hybridized carbons (Fsp3) is 0.200. The van der Waals surface area contributed by atoms with Gasteiger partial charge in [-0.1, -0.05) is 23.7 Å². The van der Waals surface area contributed by atoms with Crippen LogP contribution in [0.2, 0.25) is 5.02 Å². The second-order valence-corrected chi connectivity index (χ2v) is 7.26. The lowest BCUT2D eigenvalue weighted by Gasteiger charge is -2.24. The number of aliphatic hydroxyl groups is 1. The van der Waals surface area contributed by atoms with Gasteiger partial charge in [0.2, 0.25) is 10.0 Å². The van der Waals surface area contributed by atoms with E-state index in [0.29, 0.717) is 10.6 Å². The summed E-state index contributed by atoms with van der Waals surface area (Å²) in [4.78, 5) is -0.0687. The van der Waals surface area contributed by atoms with E-state index in [1.54, 1.807) is 24.3 Å². The first-order valence-corrected chi connectivity index (χ1v) is 8.30.